The van der Waals surface area contributed by atoms with Crippen LogP contribution >= 0.6 is 0 Å². The highest BCUT2D eigenvalue weighted by Crippen LogP contribution is 2.18. The third kappa shape index (κ3) is 9.54. The topological polar surface area (TPSA) is 260 Å². The molecule has 234 valence electrons. The first-order chi connectivity index (χ1) is 19.6. The minimum atomic E-state index is -1.23. The number of hydrogen-bond donors (Lipinski definition) is 4. The minimum Gasteiger partial charge on any atom is -0.481 e. The quantitative estimate of drug-likeness (QED) is 0.105. The van der Waals surface area contributed by atoms with E-state index in [-0.39, 0.29) is 51.9 Å². The number of nitrogens with two attached hydrogens (primary N) is 2. The molecular weight excluding hydrogens is 564 g/mol. The highest BCUT2D eigenvalue weighted by atomic mass is 16.6. The van der Waals surface area contributed by atoms with E-state index >= 15 is 0 Å². The molecule has 4 atom stereocenters. The summed E-state index contributed by atoms with van der Waals surface area (Å²) in [5.41, 5.74) is 11.1. The van der Waals surface area contributed by atoms with Crippen LogP contribution in [0, 0.1) is 0 Å². The second-order valence-electron chi connectivity index (χ2n) is 9.98. The summed E-state index contributed by atoms with van der Waals surface area (Å²) >= 11 is 0. The zero-order valence-electron chi connectivity index (χ0n) is 23.3. The third-order valence-electron chi connectivity index (χ3n) is 7.02. The predicted molar refractivity (Wildman–Crippen MR) is 137 cm³/mol. The van der Waals surface area contributed by atoms with Crippen LogP contribution < -0.4 is 11.5 Å². The lowest BCUT2D eigenvalue weighted by Gasteiger charge is -2.43. The number of carbonyl (C=O) groups is 8. The summed E-state index contributed by atoms with van der Waals surface area (Å²) in [4.78, 5) is 100. The molecule has 0 aromatic carbocycles. The summed E-state index contributed by atoms with van der Waals surface area (Å²) in [7, 11) is 0. The average Bonchev–Trinajstić information content (AvgIpc) is 2.92. The summed E-state index contributed by atoms with van der Waals surface area (Å²) in [6.07, 6.45) is -1.06. The average molecular weight is 601 g/mol. The fraction of sp³-hybridized carbons (Fsp3) is 0.667. The van der Waals surface area contributed by atoms with Crippen molar-refractivity contribution < 1.29 is 58.0 Å². The highest BCUT2D eigenvalue weighted by molar-refractivity contribution is 6.00. The van der Waals surface area contributed by atoms with E-state index in [9.17, 15) is 38.4 Å². The van der Waals surface area contributed by atoms with Gasteiger partial charge in [0.2, 0.25) is 23.6 Å². The maximum absolute atomic E-state index is 12.7. The van der Waals surface area contributed by atoms with Crippen molar-refractivity contribution in [3.8, 4) is 0 Å². The molecule has 0 saturated carbocycles. The third-order valence-corrected chi connectivity index (χ3v) is 7.02. The maximum Gasteiger partial charge on any atom is 0.324 e. The number of carboxylic acid groups (broad SMARTS) is 2. The number of carbonyl (C=O) groups excluding carboxylic acids is 6. The van der Waals surface area contributed by atoms with Crippen LogP contribution in [0.5, 0.6) is 0 Å². The zero-order chi connectivity index (χ0) is 31.7. The molecule has 42 heavy (non-hydrogen) atoms. The zero-order valence-corrected chi connectivity index (χ0v) is 23.3. The van der Waals surface area contributed by atoms with Gasteiger partial charge in [0.15, 0.2) is 13.5 Å². The lowest BCUT2D eigenvalue weighted by molar-refractivity contribution is -0.169. The second kappa shape index (κ2) is 15.3. The van der Waals surface area contributed by atoms with Crippen LogP contribution in [0.2, 0.25) is 0 Å². The van der Waals surface area contributed by atoms with E-state index in [4.69, 9.17) is 31.2 Å². The number of rotatable bonds is 15. The van der Waals surface area contributed by atoms with Gasteiger partial charge in [-0.05, 0) is 26.7 Å². The fourth-order valence-electron chi connectivity index (χ4n) is 4.16. The molecule has 4 amide bonds. The number of ether oxygens (including phenoxy) is 2. The van der Waals surface area contributed by atoms with Gasteiger partial charge < -0.3 is 31.2 Å². The predicted octanol–water partition coefficient (Wildman–Crippen LogP) is -3.51. The number of piperazine rings is 2. The first-order valence-corrected chi connectivity index (χ1v) is 13.0. The van der Waals surface area contributed by atoms with Crippen molar-refractivity contribution in [3.63, 3.8) is 0 Å². The Morgan fingerprint density at radius 2 is 0.952 bits per heavy atom. The number of esters is 2. The van der Waals surface area contributed by atoms with E-state index in [1.165, 1.54) is 0 Å². The Hall–Kier alpha value is -4.00. The molecule has 2 fully saturated rings. The van der Waals surface area contributed by atoms with Crippen LogP contribution in [-0.2, 0) is 47.8 Å². The minimum absolute atomic E-state index is 0.174. The van der Waals surface area contributed by atoms with Crippen molar-refractivity contribution >= 4 is 47.5 Å². The Morgan fingerprint density at radius 1 is 0.667 bits per heavy atom. The van der Waals surface area contributed by atoms with E-state index < -0.39 is 85.1 Å². The SMILES string of the molecule is CC(C(C)N1CC(=O)N(COC(=O)C(N)CCC(=O)O)C(=O)C1)N1CC(=O)N(COC(=O)C(N)CCC(=O)O)C(=O)C1. The van der Waals surface area contributed by atoms with Gasteiger partial charge in [-0.2, -0.15) is 0 Å². The normalized spacial score (nSPS) is 19.7. The number of carboxylic acids is 2. The summed E-state index contributed by atoms with van der Waals surface area (Å²) in [6, 6.07) is -3.42. The van der Waals surface area contributed by atoms with Crippen LogP contribution in [-0.4, -0.2) is 141 Å². The molecule has 18 heteroatoms. The van der Waals surface area contributed by atoms with Gasteiger partial charge in [-0.25, -0.2) is 9.80 Å². The molecule has 6 N–H and O–H groups in total. The number of nitrogens with zero attached hydrogens (tertiary/aromatic N) is 4. The van der Waals surface area contributed by atoms with Crippen LogP contribution in [0.1, 0.15) is 39.5 Å². The van der Waals surface area contributed by atoms with Crippen LogP contribution in [0.4, 0.5) is 0 Å². The summed E-state index contributed by atoms with van der Waals surface area (Å²) in [5, 5.41) is 17.4. The molecule has 2 rings (SSSR count). The molecule has 0 radical (unpaired) electrons. The number of amides is 4. The van der Waals surface area contributed by atoms with Crippen molar-refractivity contribution in [1.29, 1.82) is 0 Å². The van der Waals surface area contributed by atoms with Crippen LogP contribution in [0.25, 0.3) is 0 Å². The number of aliphatic carboxylic acids is 2. The van der Waals surface area contributed by atoms with Gasteiger partial charge in [-0.15, -0.1) is 0 Å². The molecule has 2 aliphatic heterocycles. The largest absolute Gasteiger partial charge is 0.481 e. The summed E-state index contributed by atoms with van der Waals surface area (Å²) < 4.78 is 9.83. The molecule has 0 aliphatic carbocycles. The smallest absolute Gasteiger partial charge is 0.324 e. The lowest BCUT2D eigenvalue weighted by Crippen LogP contribution is -2.63. The maximum atomic E-state index is 12.7. The molecule has 0 aromatic heterocycles. The molecule has 2 saturated heterocycles. The number of hydrogen-bond acceptors (Lipinski definition) is 14. The van der Waals surface area contributed by atoms with Gasteiger partial charge in [0.05, 0.1) is 26.2 Å². The Morgan fingerprint density at radius 3 is 1.21 bits per heavy atom. The van der Waals surface area contributed by atoms with Crippen molar-refractivity contribution in [2.45, 2.75) is 63.7 Å². The number of imide groups is 2. The Labute approximate surface area is 240 Å². The van der Waals surface area contributed by atoms with Crippen molar-refractivity contribution in [2.24, 2.45) is 11.5 Å². The van der Waals surface area contributed by atoms with Crippen molar-refractivity contribution in [2.75, 3.05) is 39.6 Å². The van der Waals surface area contributed by atoms with Crippen molar-refractivity contribution in [1.82, 2.24) is 19.6 Å². The first-order valence-electron chi connectivity index (χ1n) is 13.0. The van der Waals surface area contributed by atoms with Gasteiger partial charge in [0.1, 0.15) is 12.1 Å². The Bertz CT molecular complexity index is 980. The molecule has 4 unspecified atom stereocenters. The van der Waals surface area contributed by atoms with Crippen molar-refractivity contribution in [3.05, 3.63) is 0 Å². The van der Waals surface area contributed by atoms with E-state index in [1.807, 2.05) is 0 Å². The highest BCUT2D eigenvalue weighted by Gasteiger charge is 2.40. The second-order valence-corrected chi connectivity index (χ2v) is 9.98. The Balaban J connectivity index is 1.87. The first kappa shape index (κ1) is 34.2. The van der Waals surface area contributed by atoms with Gasteiger partial charge >= 0.3 is 23.9 Å². The standard InChI is InChI=1S/C24H36N6O12/c1-13(27-7-17(31)29(18(32)8-27)11-41-23(39)15(25)3-5-21(35)36)14(2)28-9-19(33)30(20(34)10-28)12-42-24(40)16(26)4-6-22(37)38/h13-16H,3-12,25-26H2,1-2H3,(H,35,36)(H,37,38). The van der Waals surface area contributed by atoms with E-state index in [1.54, 1.807) is 23.6 Å². The van der Waals surface area contributed by atoms with Gasteiger partial charge in [0.25, 0.3) is 0 Å². The monoisotopic (exact) mass is 600 g/mol. The van der Waals surface area contributed by atoms with E-state index in [0.29, 0.717) is 0 Å². The molecule has 0 bridgehead atoms. The summed E-state index contributed by atoms with van der Waals surface area (Å²) in [5.74, 6) is -6.81. The summed E-state index contributed by atoms with van der Waals surface area (Å²) in [6.45, 7) is 1.19. The van der Waals surface area contributed by atoms with Crippen LogP contribution in [0.3, 0.4) is 0 Å². The lowest BCUT2D eigenvalue weighted by atomic mass is 10.1. The van der Waals surface area contributed by atoms with Gasteiger partial charge in [-0.1, -0.05) is 0 Å². The molecular formula is C24H36N6O12. The fourth-order valence-corrected chi connectivity index (χ4v) is 4.16. The Kier molecular flexibility index (Phi) is 12.5. The van der Waals surface area contributed by atoms with E-state index in [2.05, 4.69) is 0 Å². The molecule has 0 aromatic rings. The molecule has 2 aliphatic rings. The van der Waals surface area contributed by atoms with Crippen LogP contribution in [0.15, 0.2) is 0 Å². The molecule has 2 heterocycles. The van der Waals surface area contributed by atoms with E-state index in [0.717, 1.165) is 9.80 Å². The molecule has 18 nitrogen and oxygen atoms in total. The van der Waals surface area contributed by atoms with Gasteiger partial charge in [0, 0.05) is 24.9 Å². The molecule has 0 spiro atoms. The van der Waals surface area contributed by atoms with Gasteiger partial charge in [-0.3, -0.25) is 48.2 Å².